The zero-order valence-corrected chi connectivity index (χ0v) is 15.9. The molecule has 0 radical (unpaired) electrons. The number of nitrogens with zero attached hydrogens (tertiary/aromatic N) is 3. The van der Waals surface area contributed by atoms with Crippen LogP contribution in [0.1, 0.15) is 26.7 Å². The van der Waals surface area contributed by atoms with Crippen molar-refractivity contribution in [3.63, 3.8) is 0 Å². The van der Waals surface area contributed by atoms with Gasteiger partial charge in [0.25, 0.3) is 5.91 Å². The van der Waals surface area contributed by atoms with Crippen LogP contribution in [0.15, 0.2) is 58.9 Å². The van der Waals surface area contributed by atoms with Gasteiger partial charge in [-0.15, -0.1) is 11.3 Å². The van der Waals surface area contributed by atoms with Crippen molar-refractivity contribution < 1.29 is 9.59 Å². The van der Waals surface area contributed by atoms with E-state index in [1.807, 2.05) is 16.8 Å². The molecule has 6 nitrogen and oxygen atoms in total. The van der Waals surface area contributed by atoms with Gasteiger partial charge in [0.15, 0.2) is 5.82 Å². The van der Waals surface area contributed by atoms with Crippen LogP contribution < -0.4 is 5.32 Å². The summed E-state index contributed by atoms with van der Waals surface area (Å²) in [6, 6.07) is 8.71. The van der Waals surface area contributed by atoms with E-state index < -0.39 is 0 Å². The minimum absolute atomic E-state index is 0.166. The molecule has 0 bridgehead atoms. The number of hydrogen-bond acceptors (Lipinski definition) is 6. The van der Waals surface area contributed by atoms with Gasteiger partial charge in [-0.05, 0) is 35.7 Å². The van der Waals surface area contributed by atoms with Gasteiger partial charge in [0.1, 0.15) is 10.7 Å². The van der Waals surface area contributed by atoms with Gasteiger partial charge in [0.05, 0.1) is 0 Å². The Hall–Kier alpha value is -3.10. The average molecular weight is 394 g/mol. The van der Waals surface area contributed by atoms with Gasteiger partial charge >= 0.3 is 0 Å². The van der Waals surface area contributed by atoms with Crippen LogP contribution in [0.5, 0.6) is 0 Å². The van der Waals surface area contributed by atoms with E-state index in [2.05, 4.69) is 15.3 Å². The Bertz CT molecular complexity index is 1100. The second-order valence-electron chi connectivity index (χ2n) is 5.77. The molecule has 1 aromatic carbocycles. The van der Waals surface area contributed by atoms with Crippen molar-refractivity contribution >= 4 is 40.1 Å². The number of anilines is 1. The molecule has 8 heteroatoms. The molecule has 4 rings (SSSR count). The Kier molecular flexibility index (Phi) is 4.66. The van der Waals surface area contributed by atoms with Crippen LogP contribution in [0.4, 0.5) is 5.69 Å². The Morgan fingerprint density at radius 3 is 2.59 bits per heavy atom. The second kappa shape index (κ2) is 7.26. The minimum Gasteiger partial charge on any atom is -0.331 e. The van der Waals surface area contributed by atoms with Crippen LogP contribution in [-0.4, -0.2) is 26.2 Å². The molecular weight excluding hydrogens is 380 g/mol. The molecule has 0 aliphatic carbocycles. The van der Waals surface area contributed by atoms with Crippen molar-refractivity contribution in [2.45, 2.75) is 0 Å². The van der Waals surface area contributed by atoms with E-state index in [4.69, 9.17) is 0 Å². The molecule has 0 saturated heterocycles. The van der Waals surface area contributed by atoms with Crippen molar-refractivity contribution in [1.82, 2.24) is 14.5 Å². The van der Waals surface area contributed by atoms with Crippen molar-refractivity contribution in [1.29, 1.82) is 0 Å². The summed E-state index contributed by atoms with van der Waals surface area (Å²) >= 11 is 3.02. The van der Waals surface area contributed by atoms with Crippen molar-refractivity contribution in [3.05, 3.63) is 75.9 Å². The van der Waals surface area contributed by atoms with Gasteiger partial charge in [-0.2, -0.15) is 11.3 Å². The van der Waals surface area contributed by atoms with Crippen molar-refractivity contribution in [2.24, 2.45) is 7.05 Å². The normalized spacial score (nSPS) is 10.7. The number of imidazole rings is 1. The van der Waals surface area contributed by atoms with Gasteiger partial charge in [0, 0.05) is 47.0 Å². The van der Waals surface area contributed by atoms with E-state index >= 15 is 0 Å². The highest BCUT2D eigenvalue weighted by Gasteiger charge is 2.15. The van der Waals surface area contributed by atoms with Crippen LogP contribution in [-0.2, 0) is 7.05 Å². The number of carbonyl (C=O) groups is 2. The molecular formula is C19H14N4O2S2. The number of aryl methyl sites for hydroxylation is 1. The summed E-state index contributed by atoms with van der Waals surface area (Å²) in [4.78, 5) is 33.3. The number of carbonyl (C=O) groups excluding carboxylic acids is 2. The number of amides is 1. The Morgan fingerprint density at radius 2 is 1.93 bits per heavy atom. The third-order valence-corrected chi connectivity index (χ3v) is 5.51. The lowest BCUT2D eigenvalue weighted by atomic mass is 10.1. The highest BCUT2D eigenvalue weighted by Crippen LogP contribution is 2.26. The SMILES string of the molecule is Cn1ccnc1C(=O)c1ccc(NC(=O)c2csc(-c3ccsc3)n2)cc1. The molecule has 0 fully saturated rings. The van der Waals surface area contributed by atoms with Crippen LogP contribution in [0.25, 0.3) is 10.6 Å². The van der Waals surface area contributed by atoms with Gasteiger partial charge < -0.3 is 9.88 Å². The fourth-order valence-corrected chi connectivity index (χ4v) is 4.02. The predicted octanol–water partition coefficient (Wildman–Crippen LogP) is 4.09. The quantitative estimate of drug-likeness (QED) is 0.517. The Morgan fingerprint density at radius 1 is 1.11 bits per heavy atom. The maximum absolute atomic E-state index is 12.4. The number of hydrogen-bond donors (Lipinski definition) is 1. The number of thiophene rings is 1. The molecule has 134 valence electrons. The van der Waals surface area contributed by atoms with Gasteiger partial charge in [-0.1, -0.05) is 0 Å². The first-order valence-corrected chi connectivity index (χ1v) is 9.85. The molecule has 0 aliphatic heterocycles. The molecule has 3 heterocycles. The molecule has 0 saturated carbocycles. The first-order valence-electron chi connectivity index (χ1n) is 8.03. The number of ketones is 1. The van der Waals surface area contributed by atoms with E-state index in [9.17, 15) is 9.59 Å². The molecule has 0 aliphatic rings. The molecule has 1 amide bonds. The lowest BCUT2D eigenvalue weighted by Crippen LogP contribution is -2.13. The summed E-state index contributed by atoms with van der Waals surface area (Å²) in [5, 5.41) is 9.33. The maximum Gasteiger partial charge on any atom is 0.275 e. The zero-order valence-electron chi connectivity index (χ0n) is 14.2. The summed E-state index contributed by atoms with van der Waals surface area (Å²) < 4.78 is 1.67. The number of nitrogens with one attached hydrogen (secondary N) is 1. The topological polar surface area (TPSA) is 76.9 Å². The van der Waals surface area contributed by atoms with Crippen molar-refractivity contribution in [2.75, 3.05) is 5.32 Å². The average Bonchev–Trinajstić information content (AvgIpc) is 3.42. The molecule has 0 unspecified atom stereocenters. The second-order valence-corrected chi connectivity index (χ2v) is 7.41. The standard InChI is InChI=1S/C19H14N4O2S2/c1-23-8-7-20-17(23)16(24)12-2-4-14(5-3-12)21-18(25)15-11-27-19(22-15)13-6-9-26-10-13/h2-11H,1H3,(H,21,25). The number of thiazole rings is 1. The first kappa shape index (κ1) is 17.3. The number of rotatable bonds is 5. The number of benzene rings is 1. The molecule has 3 aromatic heterocycles. The maximum atomic E-state index is 12.4. The van der Waals surface area contributed by atoms with Crippen molar-refractivity contribution in [3.8, 4) is 10.6 Å². The zero-order chi connectivity index (χ0) is 18.8. The van der Waals surface area contributed by atoms with Crippen LogP contribution >= 0.6 is 22.7 Å². The van der Waals surface area contributed by atoms with Gasteiger partial charge in [-0.25, -0.2) is 9.97 Å². The highest BCUT2D eigenvalue weighted by molar-refractivity contribution is 7.14. The summed E-state index contributed by atoms with van der Waals surface area (Å²) in [6.07, 6.45) is 3.31. The summed E-state index contributed by atoms with van der Waals surface area (Å²) in [6.45, 7) is 0. The first-order chi connectivity index (χ1) is 13.1. The molecule has 27 heavy (non-hydrogen) atoms. The lowest BCUT2D eigenvalue weighted by molar-refractivity contribution is 0.101. The molecule has 0 spiro atoms. The molecule has 4 aromatic rings. The largest absolute Gasteiger partial charge is 0.331 e. The van der Waals surface area contributed by atoms with Gasteiger partial charge in [0.2, 0.25) is 5.78 Å². The molecule has 1 N–H and O–H groups in total. The van der Waals surface area contributed by atoms with Crippen LogP contribution in [0.2, 0.25) is 0 Å². The fourth-order valence-electron chi connectivity index (χ4n) is 2.51. The van der Waals surface area contributed by atoms with Crippen LogP contribution in [0, 0.1) is 0 Å². The predicted molar refractivity (Wildman–Crippen MR) is 106 cm³/mol. The summed E-state index contributed by atoms with van der Waals surface area (Å²) in [5.74, 6) is -0.0774. The smallest absolute Gasteiger partial charge is 0.275 e. The van der Waals surface area contributed by atoms with Crippen LogP contribution in [0.3, 0.4) is 0 Å². The highest BCUT2D eigenvalue weighted by atomic mass is 32.1. The third-order valence-electron chi connectivity index (χ3n) is 3.93. The lowest BCUT2D eigenvalue weighted by Gasteiger charge is -2.05. The minimum atomic E-state index is -0.282. The third kappa shape index (κ3) is 3.57. The summed E-state index contributed by atoms with van der Waals surface area (Å²) in [5.41, 5.74) is 2.49. The van der Waals surface area contributed by atoms with E-state index in [0.717, 1.165) is 10.6 Å². The monoisotopic (exact) mass is 394 g/mol. The summed E-state index contributed by atoms with van der Waals surface area (Å²) in [7, 11) is 1.77. The van der Waals surface area contributed by atoms with Gasteiger partial charge in [-0.3, -0.25) is 9.59 Å². The fraction of sp³-hybridized carbons (Fsp3) is 0.0526. The molecule has 0 atom stereocenters. The number of aromatic nitrogens is 3. The Labute approximate surface area is 163 Å². The van der Waals surface area contributed by atoms with E-state index in [0.29, 0.717) is 22.8 Å². The van der Waals surface area contributed by atoms with E-state index in [1.165, 1.54) is 11.3 Å². The Balaban J connectivity index is 1.46. The van der Waals surface area contributed by atoms with E-state index in [-0.39, 0.29) is 11.7 Å². The van der Waals surface area contributed by atoms with E-state index in [1.54, 1.807) is 65.0 Å².